The number of nitrogens with zero attached hydrogens (tertiary/aromatic N) is 3. The molecule has 0 spiro atoms. The van der Waals surface area contributed by atoms with Crippen LogP contribution >= 0.6 is 0 Å². The minimum Gasteiger partial charge on any atom is -0.353 e. The Labute approximate surface area is 100 Å². The third-order valence-corrected chi connectivity index (χ3v) is 3.87. The Bertz CT molecular complexity index is 411. The predicted molar refractivity (Wildman–Crippen MR) is 63.4 cm³/mol. The van der Waals surface area contributed by atoms with Crippen LogP contribution in [0.4, 0.5) is 10.2 Å². The molecule has 1 aromatic heterocycles. The first kappa shape index (κ1) is 10.9. The zero-order valence-corrected chi connectivity index (χ0v) is 9.99. The van der Waals surface area contributed by atoms with Gasteiger partial charge >= 0.3 is 0 Å². The fraction of sp³-hybridized carbons (Fsp3) is 0.667. The van der Waals surface area contributed by atoms with Gasteiger partial charge in [0, 0.05) is 26.2 Å². The number of hydrogen-bond acceptors (Lipinski definition) is 4. The molecule has 0 amide bonds. The van der Waals surface area contributed by atoms with Crippen LogP contribution in [0.25, 0.3) is 0 Å². The van der Waals surface area contributed by atoms with Gasteiger partial charge in [0.05, 0.1) is 5.69 Å². The van der Waals surface area contributed by atoms with Crippen LogP contribution in [-0.4, -0.2) is 36.1 Å². The summed E-state index contributed by atoms with van der Waals surface area (Å²) in [5, 5.41) is 3.38. The third kappa shape index (κ3) is 1.78. The van der Waals surface area contributed by atoms with Crippen molar-refractivity contribution in [2.45, 2.75) is 13.3 Å². The molecule has 0 radical (unpaired) electrons. The highest BCUT2D eigenvalue weighted by molar-refractivity contribution is 5.42. The van der Waals surface area contributed by atoms with Crippen molar-refractivity contribution in [3.63, 3.8) is 0 Å². The van der Waals surface area contributed by atoms with Gasteiger partial charge in [0.1, 0.15) is 6.33 Å². The molecule has 2 atom stereocenters. The lowest BCUT2D eigenvalue weighted by molar-refractivity contribution is 0.533. The van der Waals surface area contributed by atoms with E-state index in [0.717, 1.165) is 26.2 Å². The van der Waals surface area contributed by atoms with Crippen molar-refractivity contribution < 1.29 is 4.39 Å². The Morgan fingerprint density at radius 1 is 1.35 bits per heavy atom. The first-order valence-electron chi connectivity index (χ1n) is 6.24. The molecule has 2 fully saturated rings. The van der Waals surface area contributed by atoms with Gasteiger partial charge in [0.15, 0.2) is 11.6 Å². The lowest BCUT2D eigenvalue weighted by Gasteiger charge is -2.19. The number of anilines is 1. The van der Waals surface area contributed by atoms with Crippen LogP contribution in [0.3, 0.4) is 0 Å². The van der Waals surface area contributed by atoms with E-state index in [-0.39, 0.29) is 5.82 Å². The van der Waals surface area contributed by atoms with Crippen molar-refractivity contribution in [3.8, 4) is 0 Å². The summed E-state index contributed by atoms with van der Waals surface area (Å²) in [6.07, 6.45) is 2.09. The average Bonchev–Trinajstić information content (AvgIpc) is 2.89. The van der Waals surface area contributed by atoms with Crippen LogP contribution < -0.4 is 10.2 Å². The molecule has 3 heterocycles. The fourth-order valence-corrected chi connectivity index (χ4v) is 2.89. The predicted octanol–water partition coefficient (Wildman–Crippen LogP) is 0.834. The number of hydrogen-bond donors (Lipinski definition) is 1. The van der Waals surface area contributed by atoms with Gasteiger partial charge in [-0.15, -0.1) is 0 Å². The van der Waals surface area contributed by atoms with Gasteiger partial charge in [-0.2, -0.15) is 0 Å². The summed E-state index contributed by atoms with van der Waals surface area (Å²) < 4.78 is 14.1. The first-order valence-corrected chi connectivity index (χ1v) is 6.24. The maximum atomic E-state index is 14.1. The van der Waals surface area contributed by atoms with Crippen LogP contribution in [0.5, 0.6) is 0 Å². The molecule has 0 aliphatic carbocycles. The standard InChI is InChI=1S/C12H17FN4/c1-2-10-11(13)12(16-7-15-10)17-5-8-3-14-4-9(8)6-17/h7-9,14H,2-6H2,1H3/t8-,9+. The van der Waals surface area contributed by atoms with Gasteiger partial charge in [-0.05, 0) is 18.3 Å². The molecular weight excluding hydrogens is 219 g/mol. The normalized spacial score (nSPS) is 27.5. The number of rotatable bonds is 2. The molecule has 0 bridgehead atoms. The second-order valence-corrected chi connectivity index (χ2v) is 4.89. The Morgan fingerprint density at radius 2 is 2.06 bits per heavy atom. The quantitative estimate of drug-likeness (QED) is 0.826. The zero-order valence-electron chi connectivity index (χ0n) is 9.99. The topological polar surface area (TPSA) is 41.1 Å². The van der Waals surface area contributed by atoms with Crippen molar-refractivity contribution in [2.24, 2.45) is 11.8 Å². The SMILES string of the molecule is CCc1ncnc(N2C[C@H]3CNC[C@H]3C2)c1F. The Balaban J connectivity index is 1.85. The molecule has 17 heavy (non-hydrogen) atoms. The molecule has 0 aromatic carbocycles. The largest absolute Gasteiger partial charge is 0.353 e. The van der Waals surface area contributed by atoms with Crippen molar-refractivity contribution in [3.05, 3.63) is 17.8 Å². The third-order valence-electron chi connectivity index (χ3n) is 3.87. The Hall–Kier alpha value is -1.23. The second-order valence-electron chi connectivity index (χ2n) is 4.89. The van der Waals surface area contributed by atoms with Gasteiger partial charge in [-0.3, -0.25) is 0 Å². The molecule has 0 unspecified atom stereocenters. The van der Waals surface area contributed by atoms with Gasteiger partial charge < -0.3 is 10.2 Å². The van der Waals surface area contributed by atoms with E-state index in [0.29, 0.717) is 29.8 Å². The van der Waals surface area contributed by atoms with Crippen LogP contribution in [0, 0.1) is 17.7 Å². The van der Waals surface area contributed by atoms with E-state index in [2.05, 4.69) is 20.2 Å². The van der Waals surface area contributed by atoms with E-state index in [1.54, 1.807) is 0 Å². The van der Waals surface area contributed by atoms with E-state index in [1.807, 2.05) is 6.92 Å². The van der Waals surface area contributed by atoms with E-state index in [1.165, 1.54) is 6.33 Å². The summed E-state index contributed by atoms with van der Waals surface area (Å²) in [6.45, 7) is 5.84. The molecule has 1 aromatic rings. The van der Waals surface area contributed by atoms with Crippen LogP contribution in [0.1, 0.15) is 12.6 Å². The molecule has 2 saturated heterocycles. The highest BCUT2D eigenvalue weighted by atomic mass is 19.1. The summed E-state index contributed by atoms with van der Waals surface area (Å²) in [5.41, 5.74) is 0.519. The Morgan fingerprint density at radius 3 is 2.71 bits per heavy atom. The van der Waals surface area contributed by atoms with Gasteiger partial charge in [-0.25, -0.2) is 14.4 Å². The molecule has 5 heteroatoms. The molecule has 3 rings (SSSR count). The monoisotopic (exact) mass is 236 g/mol. The minimum atomic E-state index is -0.233. The fourth-order valence-electron chi connectivity index (χ4n) is 2.89. The lowest BCUT2D eigenvalue weighted by Crippen LogP contribution is -2.27. The Kier molecular flexibility index (Phi) is 2.70. The summed E-state index contributed by atoms with van der Waals surface area (Å²) in [4.78, 5) is 10.2. The maximum Gasteiger partial charge on any atom is 0.187 e. The van der Waals surface area contributed by atoms with E-state index < -0.39 is 0 Å². The highest BCUT2D eigenvalue weighted by Gasteiger charge is 2.37. The summed E-state index contributed by atoms with van der Waals surface area (Å²) in [7, 11) is 0. The van der Waals surface area contributed by atoms with Gasteiger partial charge in [0.2, 0.25) is 0 Å². The number of nitrogens with one attached hydrogen (secondary N) is 1. The van der Waals surface area contributed by atoms with Gasteiger partial charge in [-0.1, -0.05) is 6.92 Å². The smallest absolute Gasteiger partial charge is 0.187 e. The average molecular weight is 236 g/mol. The molecular formula is C12H17FN4. The minimum absolute atomic E-state index is 0.233. The second kappa shape index (κ2) is 4.22. The molecule has 1 N–H and O–H groups in total. The maximum absolute atomic E-state index is 14.1. The van der Waals surface area contributed by atoms with Gasteiger partial charge in [0.25, 0.3) is 0 Å². The van der Waals surface area contributed by atoms with E-state index in [4.69, 9.17) is 0 Å². The summed E-state index contributed by atoms with van der Waals surface area (Å²) in [5.74, 6) is 1.55. The van der Waals surface area contributed by atoms with Crippen molar-refractivity contribution in [2.75, 3.05) is 31.1 Å². The van der Waals surface area contributed by atoms with Crippen molar-refractivity contribution in [1.29, 1.82) is 0 Å². The summed E-state index contributed by atoms with van der Waals surface area (Å²) >= 11 is 0. The molecule has 2 aliphatic heterocycles. The van der Waals surface area contributed by atoms with Crippen LogP contribution in [0.2, 0.25) is 0 Å². The van der Waals surface area contributed by atoms with Crippen molar-refractivity contribution >= 4 is 5.82 Å². The number of fused-ring (bicyclic) bond motifs is 1. The lowest BCUT2D eigenvalue weighted by atomic mass is 10.0. The van der Waals surface area contributed by atoms with Crippen LogP contribution in [-0.2, 0) is 6.42 Å². The number of halogens is 1. The molecule has 92 valence electrons. The number of aryl methyl sites for hydroxylation is 1. The zero-order chi connectivity index (χ0) is 11.8. The van der Waals surface area contributed by atoms with Crippen molar-refractivity contribution in [1.82, 2.24) is 15.3 Å². The van der Waals surface area contributed by atoms with Crippen LogP contribution in [0.15, 0.2) is 6.33 Å². The van der Waals surface area contributed by atoms with E-state index >= 15 is 0 Å². The number of aromatic nitrogens is 2. The molecule has 0 saturated carbocycles. The summed E-state index contributed by atoms with van der Waals surface area (Å²) in [6, 6.07) is 0. The molecule has 2 aliphatic rings. The first-order chi connectivity index (χ1) is 8.29. The van der Waals surface area contributed by atoms with E-state index in [9.17, 15) is 4.39 Å². The highest BCUT2D eigenvalue weighted by Crippen LogP contribution is 2.30. The molecule has 4 nitrogen and oxygen atoms in total.